The molecule has 4 nitrogen and oxygen atoms in total. The van der Waals surface area contributed by atoms with Gasteiger partial charge in [0.1, 0.15) is 0 Å². The van der Waals surface area contributed by atoms with Crippen LogP contribution in [-0.4, -0.2) is 16.5 Å². The lowest BCUT2D eigenvalue weighted by Gasteiger charge is -2.28. The van der Waals surface area contributed by atoms with Gasteiger partial charge in [0.2, 0.25) is 5.95 Å². The fourth-order valence-corrected chi connectivity index (χ4v) is 2.91. The SMILES string of the molecule is Nc1ncc(F)c(N2CCc3sccc3C2)n1. The zero-order valence-corrected chi connectivity index (χ0v) is 9.88. The highest BCUT2D eigenvalue weighted by Gasteiger charge is 2.21. The average molecular weight is 250 g/mol. The molecule has 0 aromatic carbocycles. The Morgan fingerprint density at radius 3 is 3.24 bits per heavy atom. The minimum absolute atomic E-state index is 0.109. The van der Waals surface area contributed by atoms with Crippen LogP contribution in [0.15, 0.2) is 17.6 Å². The molecule has 0 aliphatic carbocycles. The highest BCUT2D eigenvalue weighted by molar-refractivity contribution is 7.10. The Bertz CT molecular complexity index is 554. The van der Waals surface area contributed by atoms with Crippen molar-refractivity contribution < 1.29 is 4.39 Å². The second-order valence-corrected chi connectivity index (χ2v) is 4.94. The molecule has 17 heavy (non-hydrogen) atoms. The van der Waals surface area contributed by atoms with Gasteiger partial charge in [0.05, 0.1) is 6.20 Å². The van der Waals surface area contributed by atoms with E-state index in [9.17, 15) is 4.39 Å². The fraction of sp³-hybridized carbons (Fsp3) is 0.273. The topological polar surface area (TPSA) is 55.0 Å². The third-order valence-corrected chi connectivity index (χ3v) is 3.87. The van der Waals surface area contributed by atoms with Crippen molar-refractivity contribution in [3.8, 4) is 0 Å². The van der Waals surface area contributed by atoms with E-state index in [-0.39, 0.29) is 5.95 Å². The van der Waals surface area contributed by atoms with E-state index in [0.29, 0.717) is 12.4 Å². The number of anilines is 2. The van der Waals surface area contributed by atoms with Crippen LogP contribution in [0.2, 0.25) is 0 Å². The molecule has 88 valence electrons. The lowest BCUT2D eigenvalue weighted by atomic mass is 10.1. The van der Waals surface area contributed by atoms with Gasteiger partial charge < -0.3 is 10.6 Å². The van der Waals surface area contributed by atoms with E-state index in [1.165, 1.54) is 10.4 Å². The predicted molar refractivity (Wildman–Crippen MR) is 65.5 cm³/mol. The molecule has 2 N–H and O–H groups in total. The van der Waals surface area contributed by atoms with Crippen LogP contribution in [0.4, 0.5) is 16.2 Å². The van der Waals surface area contributed by atoms with E-state index in [2.05, 4.69) is 21.4 Å². The number of rotatable bonds is 1. The van der Waals surface area contributed by atoms with Crippen molar-refractivity contribution in [3.63, 3.8) is 0 Å². The van der Waals surface area contributed by atoms with E-state index in [1.54, 1.807) is 11.3 Å². The Labute approximate surface area is 102 Å². The van der Waals surface area contributed by atoms with Gasteiger partial charge in [0, 0.05) is 18.0 Å². The van der Waals surface area contributed by atoms with Crippen LogP contribution in [0.5, 0.6) is 0 Å². The van der Waals surface area contributed by atoms with Gasteiger partial charge >= 0.3 is 0 Å². The van der Waals surface area contributed by atoms with Crippen molar-refractivity contribution in [1.82, 2.24) is 9.97 Å². The summed E-state index contributed by atoms with van der Waals surface area (Å²) in [6, 6.07) is 2.08. The quantitative estimate of drug-likeness (QED) is 0.838. The monoisotopic (exact) mass is 250 g/mol. The van der Waals surface area contributed by atoms with Crippen molar-refractivity contribution in [2.24, 2.45) is 0 Å². The van der Waals surface area contributed by atoms with Gasteiger partial charge in [-0.25, -0.2) is 9.37 Å². The molecule has 0 amide bonds. The molecule has 6 heteroatoms. The van der Waals surface area contributed by atoms with Gasteiger partial charge in [-0.3, -0.25) is 0 Å². The summed E-state index contributed by atoms with van der Waals surface area (Å²) < 4.78 is 13.6. The zero-order chi connectivity index (χ0) is 11.8. The Morgan fingerprint density at radius 1 is 1.47 bits per heavy atom. The Kier molecular flexibility index (Phi) is 2.44. The summed E-state index contributed by atoms with van der Waals surface area (Å²) in [7, 11) is 0. The Balaban J connectivity index is 1.94. The minimum Gasteiger partial charge on any atom is -0.368 e. The molecule has 0 unspecified atom stereocenters. The molecule has 0 saturated carbocycles. The maximum absolute atomic E-state index is 13.6. The molecule has 0 atom stereocenters. The maximum atomic E-state index is 13.6. The van der Waals surface area contributed by atoms with E-state index in [4.69, 9.17) is 5.73 Å². The second-order valence-electron chi connectivity index (χ2n) is 3.94. The first-order valence-electron chi connectivity index (χ1n) is 5.32. The van der Waals surface area contributed by atoms with Gasteiger partial charge in [-0.15, -0.1) is 11.3 Å². The lowest BCUT2D eigenvalue weighted by molar-refractivity contribution is 0.596. The molecule has 0 saturated heterocycles. The number of nitrogen functional groups attached to an aromatic ring is 1. The number of aromatic nitrogens is 2. The van der Waals surface area contributed by atoms with Gasteiger partial charge in [-0.1, -0.05) is 0 Å². The number of nitrogens with zero attached hydrogens (tertiary/aromatic N) is 3. The van der Waals surface area contributed by atoms with Crippen LogP contribution in [0.1, 0.15) is 10.4 Å². The van der Waals surface area contributed by atoms with Crippen LogP contribution in [0, 0.1) is 5.82 Å². The highest BCUT2D eigenvalue weighted by atomic mass is 32.1. The average Bonchev–Trinajstić information content (AvgIpc) is 2.79. The molecule has 2 aromatic rings. The third kappa shape index (κ3) is 1.84. The molecule has 1 aliphatic rings. The first-order valence-corrected chi connectivity index (χ1v) is 6.20. The molecular weight excluding hydrogens is 239 g/mol. The van der Waals surface area contributed by atoms with E-state index >= 15 is 0 Å². The first kappa shape index (κ1) is 10.5. The molecule has 0 fully saturated rings. The zero-order valence-electron chi connectivity index (χ0n) is 9.06. The van der Waals surface area contributed by atoms with Crippen LogP contribution in [0.3, 0.4) is 0 Å². The number of hydrogen-bond acceptors (Lipinski definition) is 5. The second kappa shape index (κ2) is 3.96. The lowest BCUT2D eigenvalue weighted by Crippen LogP contribution is -2.31. The summed E-state index contributed by atoms with van der Waals surface area (Å²) in [4.78, 5) is 10.9. The van der Waals surface area contributed by atoms with Crippen molar-refractivity contribution in [3.05, 3.63) is 33.9 Å². The highest BCUT2D eigenvalue weighted by Crippen LogP contribution is 2.28. The maximum Gasteiger partial charge on any atom is 0.222 e. The summed E-state index contributed by atoms with van der Waals surface area (Å²) in [5, 5.41) is 2.07. The van der Waals surface area contributed by atoms with E-state index < -0.39 is 5.82 Å². The van der Waals surface area contributed by atoms with E-state index in [0.717, 1.165) is 19.2 Å². The largest absolute Gasteiger partial charge is 0.368 e. The number of fused-ring (bicyclic) bond motifs is 1. The Morgan fingerprint density at radius 2 is 2.35 bits per heavy atom. The molecule has 0 spiro atoms. The summed E-state index contributed by atoms with van der Waals surface area (Å²) in [5.41, 5.74) is 6.74. The third-order valence-electron chi connectivity index (χ3n) is 2.85. The smallest absolute Gasteiger partial charge is 0.222 e. The molecule has 2 aromatic heterocycles. The van der Waals surface area contributed by atoms with Crippen LogP contribution in [-0.2, 0) is 13.0 Å². The van der Waals surface area contributed by atoms with Gasteiger partial charge in [-0.2, -0.15) is 4.98 Å². The summed E-state index contributed by atoms with van der Waals surface area (Å²) in [6.45, 7) is 1.45. The minimum atomic E-state index is -0.419. The number of halogens is 1. The Hall–Kier alpha value is -1.69. The van der Waals surface area contributed by atoms with Crippen LogP contribution in [0.25, 0.3) is 0 Å². The van der Waals surface area contributed by atoms with Crippen molar-refractivity contribution in [2.45, 2.75) is 13.0 Å². The molecular formula is C11H11FN4S. The van der Waals surface area contributed by atoms with Crippen LogP contribution >= 0.6 is 11.3 Å². The van der Waals surface area contributed by atoms with Gasteiger partial charge in [0.25, 0.3) is 0 Å². The molecule has 0 bridgehead atoms. The number of hydrogen-bond donors (Lipinski definition) is 1. The van der Waals surface area contributed by atoms with Gasteiger partial charge in [0.15, 0.2) is 11.6 Å². The van der Waals surface area contributed by atoms with Gasteiger partial charge in [-0.05, 0) is 23.4 Å². The molecule has 0 radical (unpaired) electrons. The van der Waals surface area contributed by atoms with Crippen molar-refractivity contribution >= 4 is 23.1 Å². The summed E-state index contributed by atoms with van der Waals surface area (Å²) >= 11 is 1.75. The van der Waals surface area contributed by atoms with E-state index in [1.807, 2.05) is 4.90 Å². The molecule has 1 aliphatic heterocycles. The molecule has 3 heterocycles. The number of nitrogens with two attached hydrogens (primary N) is 1. The normalized spacial score (nSPS) is 14.8. The summed E-state index contributed by atoms with van der Waals surface area (Å²) in [5.74, 6) is -0.00950. The summed E-state index contributed by atoms with van der Waals surface area (Å²) in [6.07, 6.45) is 2.05. The predicted octanol–water partition coefficient (Wildman–Crippen LogP) is 1.82. The van der Waals surface area contributed by atoms with Crippen molar-refractivity contribution in [2.75, 3.05) is 17.2 Å². The first-order chi connectivity index (χ1) is 8.24. The fourth-order valence-electron chi connectivity index (χ4n) is 2.02. The standard InChI is InChI=1S/C11H11FN4S/c12-8-5-14-11(13)15-10(8)16-3-1-9-7(6-16)2-4-17-9/h2,4-5H,1,3,6H2,(H2,13,14,15). The van der Waals surface area contributed by atoms with Crippen molar-refractivity contribution in [1.29, 1.82) is 0 Å². The van der Waals surface area contributed by atoms with Crippen LogP contribution < -0.4 is 10.6 Å². The molecule has 3 rings (SSSR count). The number of thiophene rings is 1.